The van der Waals surface area contributed by atoms with Crippen molar-refractivity contribution in [3.63, 3.8) is 0 Å². The Morgan fingerprint density at radius 3 is 2.92 bits per heavy atom. The number of alkyl halides is 1. The van der Waals surface area contributed by atoms with Gasteiger partial charge in [-0.1, -0.05) is 29.3 Å². The summed E-state index contributed by atoms with van der Waals surface area (Å²) in [5.41, 5.74) is 0. The van der Waals surface area contributed by atoms with E-state index in [4.69, 9.17) is 4.74 Å². The van der Waals surface area contributed by atoms with E-state index in [-0.39, 0.29) is 0 Å². The highest BCUT2D eigenvalue weighted by Gasteiger charge is 2.17. The van der Waals surface area contributed by atoms with Gasteiger partial charge < -0.3 is 4.74 Å². The lowest BCUT2D eigenvalue weighted by atomic mass is 9.90. The van der Waals surface area contributed by atoms with E-state index in [0.717, 1.165) is 30.4 Å². The van der Waals surface area contributed by atoms with Crippen molar-refractivity contribution in [1.29, 1.82) is 0 Å². The van der Waals surface area contributed by atoms with Gasteiger partial charge in [-0.05, 0) is 31.1 Å². The Kier molecular flexibility index (Phi) is 5.24. The first kappa shape index (κ1) is 10.5. The molecule has 2 atom stereocenters. The molecule has 72 valence electrons. The third-order valence-electron chi connectivity index (χ3n) is 2.72. The van der Waals surface area contributed by atoms with Gasteiger partial charge in [0.05, 0.1) is 0 Å². The van der Waals surface area contributed by atoms with Crippen molar-refractivity contribution < 1.29 is 4.74 Å². The van der Waals surface area contributed by atoms with Gasteiger partial charge in [0.1, 0.15) is 0 Å². The first-order valence-electron chi connectivity index (χ1n) is 5.00. The summed E-state index contributed by atoms with van der Waals surface area (Å²) in [7, 11) is 0. The van der Waals surface area contributed by atoms with E-state index in [9.17, 15) is 0 Å². The average molecular weight is 235 g/mol. The van der Waals surface area contributed by atoms with E-state index < -0.39 is 0 Å². The maximum Gasteiger partial charge on any atom is 0.0494 e. The Morgan fingerprint density at radius 2 is 2.42 bits per heavy atom. The molecule has 0 radical (unpaired) electrons. The Hall–Kier alpha value is 0.440. The average Bonchev–Trinajstić information content (AvgIpc) is 2.16. The minimum atomic E-state index is 0.834. The van der Waals surface area contributed by atoms with Crippen molar-refractivity contribution in [3.8, 4) is 0 Å². The molecular formula is C10H19BrO. The van der Waals surface area contributed by atoms with Crippen LogP contribution in [0.25, 0.3) is 0 Å². The second kappa shape index (κ2) is 5.98. The lowest BCUT2D eigenvalue weighted by Gasteiger charge is -2.25. The minimum absolute atomic E-state index is 0.834. The molecule has 0 saturated carbocycles. The molecule has 0 N–H and O–H groups in total. The highest BCUT2D eigenvalue weighted by atomic mass is 79.9. The van der Waals surface area contributed by atoms with Gasteiger partial charge >= 0.3 is 0 Å². The fourth-order valence-corrected chi connectivity index (χ4v) is 2.53. The molecule has 0 aromatic carbocycles. The summed E-state index contributed by atoms with van der Waals surface area (Å²) in [6, 6.07) is 0. The van der Waals surface area contributed by atoms with Gasteiger partial charge in [-0.2, -0.15) is 0 Å². The van der Waals surface area contributed by atoms with Crippen LogP contribution in [0.1, 0.15) is 32.6 Å². The lowest BCUT2D eigenvalue weighted by Crippen LogP contribution is -2.20. The Morgan fingerprint density at radius 1 is 1.58 bits per heavy atom. The lowest BCUT2D eigenvalue weighted by molar-refractivity contribution is 0.0462. The van der Waals surface area contributed by atoms with Crippen LogP contribution in [-0.4, -0.2) is 18.5 Å². The van der Waals surface area contributed by atoms with E-state index in [0.29, 0.717) is 0 Å². The van der Waals surface area contributed by atoms with Gasteiger partial charge in [0, 0.05) is 18.5 Å². The Bertz CT molecular complexity index is 106. The van der Waals surface area contributed by atoms with Gasteiger partial charge in [0.25, 0.3) is 0 Å². The SMILES string of the molecule is CCC(CBr)CC1CCCOC1. The van der Waals surface area contributed by atoms with Crippen LogP contribution in [0.2, 0.25) is 0 Å². The molecule has 12 heavy (non-hydrogen) atoms. The number of hydrogen-bond donors (Lipinski definition) is 0. The molecule has 1 heterocycles. The standard InChI is InChI=1S/C10H19BrO/c1-2-9(7-11)6-10-4-3-5-12-8-10/h9-10H,2-8H2,1H3. The number of ether oxygens (including phenoxy) is 1. The number of hydrogen-bond acceptors (Lipinski definition) is 1. The normalized spacial score (nSPS) is 27.0. The van der Waals surface area contributed by atoms with Gasteiger partial charge in [0.2, 0.25) is 0 Å². The van der Waals surface area contributed by atoms with E-state index in [1.54, 1.807) is 0 Å². The predicted octanol–water partition coefficient (Wildman–Crippen LogP) is 3.22. The molecule has 0 aromatic heterocycles. The van der Waals surface area contributed by atoms with E-state index in [1.807, 2.05) is 0 Å². The molecule has 1 nitrogen and oxygen atoms in total. The monoisotopic (exact) mass is 234 g/mol. The maximum atomic E-state index is 5.46. The van der Waals surface area contributed by atoms with Gasteiger partial charge in [0.15, 0.2) is 0 Å². The topological polar surface area (TPSA) is 9.23 Å². The van der Waals surface area contributed by atoms with Gasteiger partial charge in [-0.3, -0.25) is 0 Å². The van der Waals surface area contributed by atoms with E-state index in [1.165, 1.54) is 25.7 Å². The van der Waals surface area contributed by atoms with Crippen molar-refractivity contribution in [2.45, 2.75) is 32.6 Å². The van der Waals surface area contributed by atoms with Crippen molar-refractivity contribution in [2.24, 2.45) is 11.8 Å². The van der Waals surface area contributed by atoms with Crippen molar-refractivity contribution in [3.05, 3.63) is 0 Å². The van der Waals surface area contributed by atoms with E-state index in [2.05, 4.69) is 22.9 Å². The summed E-state index contributed by atoms with van der Waals surface area (Å²) in [6.07, 6.45) is 5.29. The van der Waals surface area contributed by atoms with Crippen molar-refractivity contribution >= 4 is 15.9 Å². The fourth-order valence-electron chi connectivity index (χ4n) is 1.80. The summed E-state index contributed by atoms with van der Waals surface area (Å²) in [5.74, 6) is 1.69. The summed E-state index contributed by atoms with van der Waals surface area (Å²) in [6.45, 7) is 4.26. The first-order valence-corrected chi connectivity index (χ1v) is 6.12. The van der Waals surface area contributed by atoms with Crippen LogP contribution in [0, 0.1) is 11.8 Å². The summed E-state index contributed by atoms with van der Waals surface area (Å²) in [4.78, 5) is 0. The molecule has 0 aliphatic carbocycles. The Labute approximate surface area is 84.0 Å². The molecule has 1 aliphatic heterocycles. The number of halogens is 1. The molecular weight excluding hydrogens is 216 g/mol. The highest BCUT2D eigenvalue weighted by molar-refractivity contribution is 9.09. The molecule has 0 spiro atoms. The molecule has 1 saturated heterocycles. The summed E-state index contributed by atoms with van der Waals surface area (Å²) < 4.78 is 5.46. The Balaban J connectivity index is 2.18. The molecule has 0 aromatic rings. The van der Waals surface area contributed by atoms with Crippen molar-refractivity contribution in [2.75, 3.05) is 18.5 Å². The molecule has 2 unspecified atom stereocenters. The van der Waals surface area contributed by atoms with Crippen LogP contribution in [0.5, 0.6) is 0 Å². The third-order valence-corrected chi connectivity index (χ3v) is 3.63. The van der Waals surface area contributed by atoms with Gasteiger partial charge in [-0.15, -0.1) is 0 Å². The van der Waals surface area contributed by atoms with Crippen LogP contribution < -0.4 is 0 Å². The van der Waals surface area contributed by atoms with Crippen LogP contribution in [-0.2, 0) is 4.74 Å². The maximum absolute atomic E-state index is 5.46. The van der Waals surface area contributed by atoms with Crippen LogP contribution in [0.3, 0.4) is 0 Å². The largest absolute Gasteiger partial charge is 0.381 e. The molecule has 0 bridgehead atoms. The van der Waals surface area contributed by atoms with Crippen LogP contribution in [0.15, 0.2) is 0 Å². The molecule has 1 aliphatic rings. The molecule has 1 rings (SSSR count). The van der Waals surface area contributed by atoms with E-state index >= 15 is 0 Å². The number of rotatable bonds is 4. The second-order valence-corrected chi connectivity index (χ2v) is 4.39. The fraction of sp³-hybridized carbons (Fsp3) is 1.00. The molecule has 1 fully saturated rings. The second-order valence-electron chi connectivity index (χ2n) is 3.75. The smallest absolute Gasteiger partial charge is 0.0494 e. The molecule has 0 amide bonds. The zero-order valence-electron chi connectivity index (χ0n) is 7.89. The first-order chi connectivity index (χ1) is 5.86. The van der Waals surface area contributed by atoms with Crippen LogP contribution >= 0.6 is 15.9 Å². The highest BCUT2D eigenvalue weighted by Crippen LogP contribution is 2.24. The van der Waals surface area contributed by atoms with Crippen LogP contribution in [0.4, 0.5) is 0 Å². The summed E-state index contributed by atoms with van der Waals surface area (Å²) in [5, 5.41) is 1.15. The van der Waals surface area contributed by atoms with Crippen molar-refractivity contribution in [1.82, 2.24) is 0 Å². The summed E-state index contributed by atoms with van der Waals surface area (Å²) >= 11 is 3.56. The zero-order valence-corrected chi connectivity index (χ0v) is 9.48. The third kappa shape index (κ3) is 3.44. The predicted molar refractivity (Wildman–Crippen MR) is 55.7 cm³/mol. The quantitative estimate of drug-likeness (QED) is 0.680. The minimum Gasteiger partial charge on any atom is -0.381 e. The zero-order chi connectivity index (χ0) is 8.81. The van der Waals surface area contributed by atoms with Gasteiger partial charge in [-0.25, -0.2) is 0 Å². The molecule has 2 heteroatoms.